The quantitative estimate of drug-likeness (QED) is 0.716. The Morgan fingerprint density at radius 2 is 2.44 bits per heavy atom. The van der Waals surface area contributed by atoms with Crippen LogP contribution in [-0.4, -0.2) is 25.8 Å². The van der Waals surface area contributed by atoms with Gasteiger partial charge in [0.1, 0.15) is 0 Å². The molecule has 1 aliphatic heterocycles. The van der Waals surface area contributed by atoms with E-state index in [0.717, 1.165) is 17.6 Å². The molecule has 0 aliphatic carbocycles. The molecule has 0 saturated carbocycles. The zero-order valence-electron chi connectivity index (χ0n) is 5.19. The van der Waals surface area contributed by atoms with E-state index in [0.29, 0.717) is 12.7 Å². The maximum Gasteiger partial charge on any atom is 0.0828 e. The summed E-state index contributed by atoms with van der Waals surface area (Å²) in [5, 5.41) is 3.11. The van der Waals surface area contributed by atoms with E-state index in [2.05, 4.69) is 27.8 Å². The highest BCUT2D eigenvalue weighted by molar-refractivity contribution is 9.11. The van der Waals surface area contributed by atoms with Gasteiger partial charge < -0.3 is 10.1 Å². The van der Waals surface area contributed by atoms with Crippen LogP contribution < -0.4 is 5.32 Å². The standard InChI is InChI=1S/C6H10BrNO/c1-5(7)4-9-6-2-8-3-6/h6,8H,1-4H2. The van der Waals surface area contributed by atoms with E-state index < -0.39 is 0 Å². The number of nitrogens with one attached hydrogen (secondary N) is 1. The molecule has 1 rings (SSSR count). The molecule has 0 aromatic rings. The first kappa shape index (κ1) is 7.25. The van der Waals surface area contributed by atoms with Crippen molar-refractivity contribution in [3.05, 3.63) is 11.1 Å². The van der Waals surface area contributed by atoms with Crippen molar-refractivity contribution in [2.75, 3.05) is 19.7 Å². The third-order valence-electron chi connectivity index (χ3n) is 1.22. The Kier molecular flexibility index (Phi) is 2.69. The van der Waals surface area contributed by atoms with E-state index in [1.54, 1.807) is 0 Å². The Morgan fingerprint density at radius 1 is 1.78 bits per heavy atom. The average molecular weight is 192 g/mol. The second-order valence-electron chi connectivity index (χ2n) is 2.11. The van der Waals surface area contributed by atoms with Crippen LogP contribution in [0.2, 0.25) is 0 Å². The molecule has 9 heavy (non-hydrogen) atoms. The molecule has 1 aliphatic rings. The summed E-state index contributed by atoms with van der Waals surface area (Å²) in [6, 6.07) is 0. The number of hydrogen-bond donors (Lipinski definition) is 1. The van der Waals surface area contributed by atoms with Gasteiger partial charge in [0, 0.05) is 17.6 Å². The van der Waals surface area contributed by atoms with E-state index in [9.17, 15) is 0 Å². The van der Waals surface area contributed by atoms with E-state index >= 15 is 0 Å². The van der Waals surface area contributed by atoms with E-state index in [-0.39, 0.29) is 0 Å². The lowest BCUT2D eigenvalue weighted by Crippen LogP contribution is -2.48. The van der Waals surface area contributed by atoms with E-state index in [1.165, 1.54) is 0 Å². The first-order valence-electron chi connectivity index (χ1n) is 2.94. The van der Waals surface area contributed by atoms with Gasteiger partial charge in [-0.25, -0.2) is 0 Å². The van der Waals surface area contributed by atoms with Crippen LogP contribution in [0, 0.1) is 0 Å². The van der Waals surface area contributed by atoms with Crippen molar-refractivity contribution in [3.63, 3.8) is 0 Å². The van der Waals surface area contributed by atoms with Crippen LogP contribution in [0.1, 0.15) is 0 Å². The minimum atomic E-state index is 0.416. The summed E-state index contributed by atoms with van der Waals surface area (Å²) < 4.78 is 6.24. The Morgan fingerprint density at radius 3 is 2.78 bits per heavy atom. The molecule has 3 heteroatoms. The summed E-state index contributed by atoms with van der Waals surface area (Å²) in [5.41, 5.74) is 0. The molecule has 0 spiro atoms. The summed E-state index contributed by atoms with van der Waals surface area (Å²) in [4.78, 5) is 0. The summed E-state index contributed by atoms with van der Waals surface area (Å²) in [7, 11) is 0. The Hall–Kier alpha value is 0.140. The topological polar surface area (TPSA) is 21.3 Å². The zero-order valence-corrected chi connectivity index (χ0v) is 6.78. The molecule has 0 amide bonds. The van der Waals surface area contributed by atoms with Crippen LogP contribution in [0.3, 0.4) is 0 Å². The fraction of sp³-hybridized carbons (Fsp3) is 0.667. The summed E-state index contributed by atoms with van der Waals surface area (Å²) >= 11 is 3.22. The highest BCUT2D eigenvalue weighted by atomic mass is 79.9. The van der Waals surface area contributed by atoms with E-state index in [4.69, 9.17) is 4.74 Å². The number of rotatable bonds is 3. The SMILES string of the molecule is C=C(Br)COC1CNC1. The molecule has 1 heterocycles. The minimum Gasteiger partial charge on any atom is -0.370 e. The van der Waals surface area contributed by atoms with Crippen molar-refractivity contribution in [2.24, 2.45) is 0 Å². The van der Waals surface area contributed by atoms with Crippen LogP contribution in [0.4, 0.5) is 0 Å². The van der Waals surface area contributed by atoms with Crippen LogP contribution in [0.25, 0.3) is 0 Å². The molecular formula is C6H10BrNO. The van der Waals surface area contributed by atoms with Gasteiger partial charge in [0.2, 0.25) is 0 Å². The van der Waals surface area contributed by atoms with Gasteiger partial charge in [-0.2, -0.15) is 0 Å². The smallest absolute Gasteiger partial charge is 0.0828 e. The second kappa shape index (κ2) is 3.34. The highest BCUT2D eigenvalue weighted by Crippen LogP contribution is 2.05. The lowest BCUT2D eigenvalue weighted by atomic mass is 10.2. The fourth-order valence-electron chi connectivity index (χ4n) is 0.588. The fourth-order valence-corrected chi connectivity index (χ4v) is 0.720. The molecule has 2 nitrogen and oxygen atoms in total. The Bertz CT molecular complexity index is 112. The molecule has 1 fully saturated rings. The van der Waals surface area contributed by atoms with E-state index in [1.807, 2.05) is 0 Å². The van der Waals surface area contributed by atoms with Gasteiger partial charge in [0.25, 0.3) is 0 Å². The van der Waals surface area contributed by atoms with Crippen molar-refractivity contribution in [2.45, 2.75) is 6.10 Å². The first-order chi connectivity index (χ1) is 4.29. The molecule has 0 atom stereocenters. The number of hydrogen-bond acceptors (Lipinski definition) is 2. The molecule has 0 aromatic carbocycles. The summed E-state index contributed by atoms with van der Waals surface area (Å²) in [5.74, 6) is 0. The molecular weight excluding hydrogens is 182 g/mol. The summed E-state index contributed by atoms with van der Waals surface area (Å²) in [6.07, 6.45) is 0.416. The largest absolute Gasteiger partial charge is 0.370 e. The van der Waals surface area contributed by atoms with Crippen LogP contribution in [0.5, 0.6) is 0 Å². The normalized spacial score (nSPS) is 19.2. The van der Waals surface area contributed by atoms with Crippen molar-refractivity contribution >= 4 is 15.9 Å². The lowest BCUT2D eigenvalue weighted by Gasteiger charge is -2.26. The Labute approximate surface area is 63.4 Å². The second-order valence-corrected chi connectivity index (χ2v) is 3.23. The molecule has 52 valence electrons. The first-order valence-corrected chi connectivity index (χ1v) is 3.74. The molecule has 0 radical (unpaired) electrons. The van der Waals surface area contributed by atoms with Gasteiger partial charge >= 0.3 is 0 Å². The average Bonchev–Trinajstić information content (AvgIpc) is 1.60. The monoisotopic (exact) mass is 191 g/mol. The van der Waals surface area contributed by atoms with Crippen LogP contribution >= 0.6 is 15.9 Å². The highest BCUT2D eigenvalue weighted by Gasteiger charge is 2.16. The van der Waals surface area contributed by atoms with Crippen molar-refractivity contribution in [3.8, 4) is 0 Å². The van der Waals surface area contributed by atoms with Gasteiger partial charge in [-0.1, -0.05) is 22.5 Å². The van der Waals surface area contributed by atoms with Crippen LogP contribution in [-0.2, 0) is 4.74 Å². The third-order valence-corrected chi connectivity index (χ3v) is 1.45. The molecule has 1 N–H and O–H groups in total. The zero-order chi connectivity index (χ0) is 6.69. The lowest BCUT2D eigenvalue weighted by molar-refractivity contribution is 0.0356. The number of halogens is 1. The number of ether oxygens (including phenoxy) is 1. The van der Waals surface area contributed by atoms with Crippen molar-refractivity contribution in [1.29, 1.82) is 0 Å². The predicted molar refractivity (Wildman–Crippen MR) is 40.7 cm³/mol. The maximum atomic E-state index is 5.33. The van der Waals surface area contributed by atoms with Crippen molar-refractivity contribution < 1.29 is 4.74 Å². The van der Waals surface area contributed by atoms with Gasteiger partial charge in [-0.05, 0) is 0 Å². The van der Waals surface area contributed by atoms with Crippen molar-refractivity contribution in [1.82, 2.24) is 5.32 Å². The summed E-state index contributed by atoms with van der Waals surface area (Å²) in [6.45, 7) is 6.26. The van der Waals surface area contributed by atoms with Gasteiger partial charge in [0.15, 0.2) is 0 Å². The Balaban J connectivity index is 1.97. The molecule has 0 unspecified atom stereocenters. The maximum absolute atomic E-state index is 5.33. The van der Waals surface area contributed by atoms with Gasteiger partial charge in [0.05, 0.1) is 12.7 Å². The molecule has 0 bridgehead atoms. The molecule has 1 saturated heterocycles. The molecule has 0 aromatic heterocycles. The van der Waals surface area contributed by atoms with Crippen LogP contribution in [0.15, 0.2) is 11.1 Å². The minimum absolute atomic E-state index is 0.416. The van der Waals surface area contributed by atoms with Gasteiger partial charge in [-0.3, -0.25) is 0 Å². The third kappa shape index (κ3) is 2.47. The predicted octanol–water partition coefficient (Wildman–Crippen LogP) is 0.883. The van der Waals surface area contributed by atoms with Gasteiger partial charge in [-0.15, -0.1) is 0 Å².